The molecule has 24 heavy (non-hydrogen) atoms. The first kappa shape index (κ1) is 21.1. The number of carbonyl (C=O) groups excluding carboxylic acids is 1. The molecule has 0 saturated carbocycles. The molecule has 0 aliphatic heterocycles. The van der Waals surface area contributed by atoms with Crippen LogP contribution in [0.25, 0.3) is 0 Å². The van der Waals surface area contributed by atoms with Crippen LogP contribution >= 0.6 is 23.2 Å². The van der Waals surface area contributed by atoms with E-state index in [1.165, 1.54) is 19.3 Å². The molecule has 1 aromatic rings. The predicted molar refractivity (Wildman–Crippen MR) is 102 cm³/mol. The van der Waals surface area contributed by atoms with Gasteiger partial charge in [-0.25, -0.2) is 4.79 Å². The second-order valence-electron chi connectivity index (χ2n) is 7.06. The highest BCUT2D eigenvalue weighted by molar-refractivity contribution is 6.36. The highest BCUT2D eigenvalue weighted by Crippen LogP contribution is 2.34. The maximum atomic E-state index is 11.9. The zero-order valence-corrected chi connectivity index (χ0v) is 16.6. The highest BCUT2D eigenvalue weighted by Gasteiger charge is 2.21. The first-order valence-electron chi connectivity index (χ1n) is 8.65. The Balaban J connectivity index is 2.76. The Hall–Kier alpha value is -0.930. The van der Waals surface area contributed by atoms with E-state index < -0.39 is 11.7 Å². The lowest BCUT2D eigenvalue weighted by molar-refractivity contribution is 0.0524. The third-order valence-corrected chi connectivity index (χ3v) is 4.36. The van der Waals surface area contributed by atoms with Crippen LogP contribution in [0.3, 0.4) is 0 Å². The molecule has 0 aromatic heterocycles. The predicted octanol–water partition coefficient (Wildman–Crippen LogP) is 6.57. The number of hydrogen-bond donors (Lipinski definition) is 1. The SMILES string of the molecule is CCCCCCC(CNC(=O)OC(C)(C)C)c1c(Cl)cccc1Cl. The first-order chi connectivity index (χ1) is 11.2. The second-order valence-corrected chi connectivity index (χ2v) is 7.88. The van der Waals surface area contributed by atoms with Crippen LogP contribution in [-0.2, 0) is 4.74 Å². The van der Waals surface area contributed by atoms with Crippen molar-refractivity contribution in [3.63, 3.8) is 0 Å². The van der Waals surface area contributed by atoms with E-state index in [-0.39, 0.29) is 5.92 Å². The molecule has 0 heterocycles. The van der Waals surface area contributed by atoms with Crippen molar-refractivity contribution in [2.24, 2.45) is 0 Å². The fourth-order valence-electron chi connectivity index (χ4n) is 2.59. The third-order valence-electron chi connectivity index (χ3n) is 3.71. The van der Waals surface area contributed by atoms with E-state index in [4.69, 9.17) is 27.9 Å². The Morgan fingerprint density at radius 2 is 1.79 bits per heavy atom. The van der Waals surface area contributed by atoms with Gasteiger partial charge in [0.2, 0.25) is 0 Å². The molecular formula is C19H29Cl2NO2. The average Bonchev–Trinajstić information content (AvgIpc) is 2.46. The summed E-state index contributed by atoms with van der Waals surface area (Å²) < 4.78 is 5.31. The van der Waals surface area contributed by atoms with Crippen molar-refractivity contribution >= 4 is 29.3 Å². The van der Waals surface area contributed by atoms with Gasteiger partial charge in [0.05, 0.1) is 0 Å². The van der Waals surface area contributed by atoms with Gasteiger partial charge in [-0.05, 0) is 44.9 Å². The Bertz CT molecular complexity index is 506. The zero-order chi connectivity index (χ0) is 18.2. The number of alkyl carbamates (subject to hydrolysis) is 1. The van der Waals surface area contributed by atoms with Gasteiger partial charge < -0.3 is 10.1 Å². The smallest absolute Gasteiger partial charge is 0.407 e. The van der Waals surface area contributed by atoms with Gasteiger partial charge in [-0.3, -0.25) is 0 Å². The van der Waals surface area contributed by atoms with Crippen LogP contribution < -0.4 is 5.32 Å². The number of hydrogen-bond acceptors (Lipinski definition) is 2. The lowest BCUT2D eigenvalue weighted by Crippen LogP contribution is -2.35. The van der Waals surface area contributed by atoms with E-state index >= 15 is 0 Å². The standard InChI is InChI=1S/C19H29Cl2NO2/c1-5-6-7-8-10-14(13-22-18(23)24-19(2,3)4)17-15(20)11-9-12-16(17)21/h9,11-12,14H,5-8,10,13H2,1-4H3,(H,22,23). The first-order valence-corrected chi connectivity index (χ1v) is 9.41. The van der Waals surface area contributed by atoms with E-state index in [1.54, 1.807) is 0 Å². The lowest BCUT2D eigenvalue weighted by atomic mass is 9.92. The number of rotatable bonds is 8. The van der Waals surface area contributed by atoms with Gasteiger partial charge in [0.25, 0.3) is 0 Å². The van der Waals surface area contributed by atoms with Gasteiger partial charge in [-0.2, -0.15) is 0 Å². The normalized spacial score (nSPS) is 12.8. The Labute approximate surface area is 156 Å². The van der Waals surface area contributed by atoms with Crippen LogP contribution in [0.15, 0.2) is 18.2 Å². The summed E-state index contributed by atoms with van der Waals surface area (Å²) in [6.07, 6.45) is 5.16. The van der Waals surface area contributed by atoms with Gasteiger partial charge in [-0.1, -0.05) is 61.9 Å². The van der Waals surface area contributed by atoms with Crippen LogP contribution in [0.5, 0.6) is 0 Å². The monoisotopic (exact) mass is 373 g/mol. The topological polar surface area (TPSA) is 38.3 Å². The quantitative estimate of drug-likeness (QED) is 0.523. The molecule has 1 aromatic carbocycles. The number of carbonyl (C=O) groups is 1. The Morgan fingerprint density at radius 1 is 1.17 bits per heavy atom. The van der Waals surface area contributed by atoms with Crippen molar-refractivity contribution in [2.75, 3.05) is 6.54 Å². The molecule has 0 bridgehead atoms. The van der Waals surface area contributed by atoms with Crippen LogP contribution in [0, 0.1) is 0 Å². The molecule has 1 unspecified atom stereocenters. The van der Waals surface area contributed by atoms with Gasteiger partial charge in [-0.15, -0.1) is 0 Å². The van der Waals surface area contributed by atoms with E-state index in [9.17, 15) is 4.79 Å². The number of halogens is 2. The largest absolute Gasteiger partial charge is 0.444 e. The molecule has 0 fully saturated rings. The van der Waals surface area contributed by atoms with Crippen molar-refractivity contribution in [1.82, 2.24) is 5.32 Å². The fourth-order valence-corrected chi connectivity index (χ4v) is 3.29. The lowest BCUT2D eigenvalue weighted by Gasteiger charge is -2.23. The third kappa shape index (κ3) is 7.76. The minimum atomic E-state index is -0.511. The second kappa shape index (κ2) is 10.1. The molecule has 5 heteroatoms. The minimum Gasteiger partial charge on any atom is -0.444 e. The van der Waals surface area contributed by atoms with Gasteiger partial charge >= 0.3 is 6.09 Å². The summed E-state index contributed by atoms with van der Waals surface area (Å²) in [5, 5.41) is 4.15. The molecule has 0 radical (unpaired) electrons. The van der Waals surface area contributed by atoms with Crippen molar-refractivity contribution in [1.29, 1.82) is 0 Å². The number of nitrogens with one attached hydrogen (secondary N) is 1. The van der Waals surface area contributed by atoms with E-state index in [2.05, 4.69) is 12.2 Å². The summed E-state index contributed by atoms with van der Waals surface area (Å²) in [6, 6.07) is 5.52. The molecule has 1 rings (SSSR count). The van der Waals surface area contributed by atoms with Crippen molar-refractivity contribution in [3.8, 4) is 0 Å². The average molecular weight is 374 g/mol. The number of benzene rings is 1. The number of amides is 1. The van der Waals surface area contributed by atoms with Crippen LogP contribution in [0.2, 0.25) is 10.0 Å². The molecule has 0 saturated heterocycles. The molecular weight excluding hydrogens is 345 g/mol. The van der Waals surface area contributed by atoms with Gasteiger partial charge in [0.1, 0.15) is 5.60 Å². The number of ether oxygens (including phenoxy) is 1. The maximum absolute atomic E-state index is 11.9. The zero-order valence-electron chi connectivity index (χ0n) is 15.1. The van der Waals surface area contributed by atoms with Crippen molar-refractivity contribution in [2.45, 2.75) is 71.3 Å². The Morgan fingerprint density at radius 3 is 2.33 bits per heavy atom. The van der Waals surface area contributed by atoms with Gasteiger partial charge in [0, 0.05) is 22.5 Å². The molecule has 0 aliphatic rings. The fraction of sp³-hybridized carbons (Fsp3) is 0.632. The summed E-state index contributed by atoms with van der Waals surface area (Å²) >= 11 is 12.7. The summed E-state index contributed by atoms with van der Waals surface area (Å²) in [6.45, 7) is 8.19. The Kier molecular flexibility index (Phi) is 8.93. The highest BCUT2D eigenvalue weighted by atomic mass is 35.5. The van der Waals surface area contributed by atoms with E-state index in [0.29, 0.717) is 16.6 Å². The molecule has 1 atom stereocenters. The number of unbranched alkanes of at least 4 members (excludes halogenated alkanes) is 3. The maximum Gasteiger partial charge on any atom is 0.407 e. The van der Waals surface area contributed by atoms with Crippen molar-refractivity contribution < 1.29 is 9.53 Å². The molecule has 0 aliphatic carbocycles. The van der Waals surface area contributed by atoms with E-state index in [0.717, 1.165) is 18.4 Å². The molecule has 136 valence electrons. The molecule has 1 amide bonds. The summed E-state index contributed by atoms with van der Waals surface area (Å²) in [4.78, 5) is 11.9. The van der Waals surface area contributed by atoms with Crippen molar-refractivity contribution in [3.05, 3.63) is 33.8 Å². The summed E-state index contributed by atoms with van der Waals surface area (Å²) in [7, 11) is 0. The molecule has 3 nitrogen and oxygen atoms in total. The molecule has 0 spiro atoms. The minimum absolute atomic E-state index is 0.0792. The summed E-state index contributed by atoms with van der Waals surface area (Å²) in [5.41, 5.74) is 0.399. The van der Waals surface area contributed by atoms with Gasteiger partial charge in [0.15, 0.2) is 0 Å². The van der Waals surface area contributed by atoms with E-state index in [1.807, 2.05) is 39.0 Å². The summed E-state index contributed by atoms with van der Waals surface area (Å²) in [5.74, 6) is 0.0792. The van der Waals surface area contributed by atoms with Crippen LogP contribution in [0.1, 0.15) is 71.3 Å². The van der Waals surface area contributed by atoms with Crippen LogP contribution in [-0.4, -0.2) is 18.2 Å². The molecule has 1 N–H and O–H groups in total. The van der Waals surface area contributed by atoms with Crippen LogP contribution in [0.4, 0.5) is 4.79 Å².